The van der Waals surface area contributed by atoms with Crippen molar-refractivity contribution in [3.8, 4) is 21.6 Å². The maximum absolute atomic E-state index is 13.2. The first-order valence-corrected chi connectivity index (χ1v) is 13.4. The summed E-state index contributed by atoms with van der Waals surface area (Å²) in [6.07, 6.45) is 3.27. The van der Waals surface area contributed by atoms with E-state index in [0.717, 1.165) is 38.0 Å². The van der Waals surface area contributed by atoms with Crippen molar-refractivity contribution in [2.75, 3.05) is 28.3 Å². The van der Waals surface area contributed by atoms with Crippen LogP contribution in [0.4, 0.5) is 0 Å². The van der Waals surface area contributed by atoms with E-state index in [1.807, 2.05) is 20.2 Å². The van der Waals surface area contributed by atoms with Gasteiger partial charge >= 0.3 is 0 Å². The van der Waals surface area contributed by atoms with Gasteiger partial charge in [-0.1, -0.05) is 18.2 Å². The molecule has 8 nitrogen and oxygen atoms in total. The van der Waals surface area contributed by atoms with E-state index in [2.05, 4.69) is 33.2 Å². The highest BCUT2D eigenvalue weighted by atomic mass is 32.2. The molecule has 4 aromatic rings. The first-order chi connectivity index (χ1) is 17.0. The van der Waals surface area contributed by atoms with Gasteiger partial charge in [0.15, 0.2) is 0 Å². The monoisotopic (exact) mass is 524 g/mol. The van der Waals surface area contributed by atoms with Gasteiger partial charge in [0.05, 0.1) is 12.0 Å². The molecule has 0 radical (unpaired) electrons. The number of thiophene rings is 1. The van der Waals surface area contributed by atoms with E-state index in [1.165, 1.54) is 42.0 Å². The highest BCUT2D eigenvalue weighted by Gasteiger charge is 2.25. The maximum atomic E-state index is 13.2. The third kappa shape index (κ3) is 4.79. The van der Waals surface area contributed by atoms with Crippen LogP contribution in [0.15, 0.2) is 64.0 Å². The summed E-state index contributed by atoms with van der Waals surface area (Å²) in [6.45, 7) is 1.98. The topological polar surface area (TPSA) is 84.2 Å². The summed E-state index contributed by atoms with van der Waals surface area (Å²) < 4.78 is 30.9. The number of benzene rings is 2. The molecular formula is C26H28N4O4S2. The van der Waals surface area contributed by atoms with Crippen LogP contribution in [0.2, 0.25) is 0 Å². The Hall–Kier alpha value is -3.47. The number of amides is 1. The summed E-state index contributed by atoms with van der Waals surface area (Å²) in [5.41, 5.74) is 4.55. The summed E-state index contributed by atoms with van der Waals surface area (Å²) >= 11 is 1.40. The Labute approximate surface area is 215 Å². The number of carbonyl (C=O) groups is 1. The highest BCUT2D eigenvalue weighted by Crippen LogP contribution is 2.43. The van der Waals surface area contributed by atoms with Crippen molar-refractivity contribution in [1.82, 2.24) is 14.5 Å². The largest absolute Gasteiger partial charge is 0.368 e. The van der Waals surface area contributed by atoms with Gasteiger partial charge in [0, 0.05) is 55.7 Å². The van der Waals surface area contributed by atoms with Gasteiger partial charge in [0.1, 0.15) is 11.2 Å². The molecule has 36 heavy (non-hydrogen) atoms. The van der Waals surface area contributed by atoms with Crippen molar-refractivity contribution < 1.29 is 18.0 Å². The van der Waals surface area contributed by atoms with E-state index >= 15 is 0 Å². The molecule has 2 aromatic heterocycles. The van der Waals surface area contributed by atoms with Crippen LogP contribution < -0.4 is 0 Å². The van der Waals surface area contributed by atoms with Crippen LogP contribution in [-0.2, 0) is 21.9 Å². The molecule has 0 saturated carbocycles. The lowest BCUT2D eigenvalue weighted by Crippen LogP contribution is -2.25. The normalized spacial score (nSPS) is 11.9. The van der Waals surface area contributed by atoms with E-state index in [1.54, 1.807) is 38.2 Å². The van der Waals surface area contributed by atoms with Crippen molar-refractivity contribution in [3.05, 3.63) is 65.2 Å². The first kappa shape index (κ1) is 25.6. The standard InChI is InChI=1S/C26H28N4O4S2/c1-17-23(18-7-10-21(11-8-18)36(32,33)27-16-28(2)3)25(26(31)30(5)34-6)35-24(17)20-9-12-22-19(15-20)13-14-29(22)4/h7-16H,1-6H3. The minimum Gasteiger partial charge on any atom is -0.368 e. The van der Waals surface area contributed by atoms with Gasteiger partial charge in [0.25, 0.3) is 15.9 Å². The molecule has 0 fully saturated rings. The number of nitrogens with zero attached hydrogens (tertiary/aromatic N) is 4. The molecule has 0 aliphatic rings. The molecule has 0 spiro atoms. The van der Waals surface area contributed by atoms with Crippen LogP contribution in [0.1, 0.15) is 15.2 Å². The molecule has 0 aliphatic heterocycles. The molecule has 188 valence electrons. The fourth-order valence-electron chi connectivity index (χ4n) is 3.95. The first-order valence-electron chi connectivity index (χ1n) is 11.1. The predicted octanol–water partition coefficient (Wildman–Crippen LogP) is 4.79. The third-order valence-electron chi connectivity index (χ3n) is 5.91. The van der Waals surface area contributed by atoms with Gasteiger partial charge in [-0.3, -0.25) is 9.63 Å². The lowest BCUT2D eigenvalue weighted by atomic mass is 9.98. The minimum absolute atomic E-state index is 0.0777. The number of hydroxylamine groups is 2. The average molecular weight is 525 g/mol. The summed E-state index contributed by atoms with van der Waals surface area (Å²) in [7, 11) is 4.57. The summed E-state index contributed by atoms with van der Waals surface area (Å²) in [4.78, 5) is 21.5. The molecule has 4 rings (SSSR count). The fraction of sp³-hybridized carbons (Fsp3) is 0.231. The Morgan fingerprint density at radius 3 is 2.36 bits per heavy atom. The van der Waals surface area contributed by atoms with Crippen molar-refractivity contribution in [1.29, 1.82) is 0 Å². The van der Waals surface area contributed by atoms with E-state index in [4.69, 9.17) is 4.84 Å². The molecule has 0 atom stereocenters. The molecule has 0 bridgehead atoms. The van der Waals surface area contributed by atoms with Crippen LogP contribution in [-0.4, -0.2) is 63.4 Å². The number of fused-ring (bicyclic) bond motifs is 1. The van der Waals surface area contributed by atoms with E-state index in [9.17, 15) is 13.2 Å². The van der Waals surface area contributed by atoms with Crippen LogP contribution in [0.5, 0.6) is 0 Å². The van der Waals surface area contributed by atoms with E-state index < -0.39 is 10.0 Å². The van der Waals surface area contributed by atoms with Gasteiger partial charge < -0.3 is 9.47 Å². The Morgan fingerprint density at radius 1 is 1.06 bits per heavy atom. The Bertz CT molecular complexity index is 1570. The zero-order chi connectivity index (χ0) is 26.2. The summed E-state index contributed by atoms with van der Waals surface area (Å²) in [6, 6.07) is 14.7. The van der Waals surface area contributed by atoms with Crippen molar-refractivity contribution in [3.63, 3.8) is 0 Å². The molecule has 2 aromatic carbocycles. The Balaban J connectivity index is 1.84. The lowest BCUT2D eigenvalue weighted by molar-refractivity contribution is -0.0753. The summed E-state index contributed by atoms with van der Waals surface area (Å²) in [5.74, 6) is -0.278. The molecule has 2 heterocycles. The van der Waals surface area contributed by atoms with Gasteiger partial charge in [0.2, 0.25) is 0 Å². The smallest absolute Gasteiger partial charge is 0.287 e. The third-order valence-corrected chi connectivity index (χ3v) is 8.47. The van der Waals surface area contributed by atoms with Gasteiger partial charge in [-0.05, 0) is 53.9 Å². The van der Waals surface area contributed by atoms with E-state index in [0.29, 0.717) is 4.88 Å². The average Bonchev–Trinajstić information content (AvgIpc) is 3.41. The van der Waals surface area contributed by atoms with Crippen LogP contribution in [0.3, 0.4) is 0 Å². The van der Waals surface area contributed by atoms with Crippen molar-refractivity contribution in [2.24, 2.45) is 11.4 Å². The number of aromatic nitrogens is 1. The van der Waals surface area contributed by atoms with Gasteiger partial charge in [-0.2, -0.15) is 8.42 Å². The second kappa shape index (κ2) is 9.88. The zero-order valence-electron chi connectivity index (χ0n) is 21.0. The maximum Gasteiger partial charge on any atom is 0.287 e. The number of hydrogen-bond acceptors (Lipinski definition) is 5. The SMILES string of the molecule is CON(C)C(=O)c1sc(-c2ccc3c(ccn3C)c2)c(C)c1-c1ccc(S(=O)(=O)N=CN(C)C)cc1. The molecule has 0 aliphatic carbocycles. The van der Waals surface area contributed by atoms with Crippen LogP contribution >= 0.6 is 11.3 Å². The molecular weight excluding hydrogens is 496 g/mol. The predicted molar refractivity (Wildman–Crippen MR) is 145 cm³/mol. The number of carbonyl (C=O) groups excluding carboxylic acids is 1. The molecule has 1 amide bonds. The number of aryl methyl sites for hydroxylation is 1. The van der Waals surface area contributed by atoms with Crippen molar-refractivity contribution in [2.45, 2.75) is 11.8 Å². The lowest BCUT2D eigenvalue weighted by Gasteiger charge is -2.14. The number of rotatable bonds is 7. The quantitative estimate of drug-likeness (QED) is 0.197. The Kier molecular flexibility index (Phi) is 7.03. The summed E-state index contributed by atoms with van der Waals surface area (Å²) in [5, 5.41) is 2.30. The second-order valence-corrected chi connectivity index (χ2v) is 11.3. The fourth-order valence-corrected chi connectivity index (χ4v) is 6.15. The van der Waals surface area contributed by atoms with Gasteiger partial charge in [-0.25, -0.2) is 5.06 Å². The van der Waals surface area contributed by atoms with Crippen molar-refractivity contribution >= 4 is 44.5 Å². The molecule has 0 saturated heterocycles. The zero-order valence-corrected chi connectivity index (χ0v) is 22.6. The second-order valence-electron chi connectivity index (χ2n) is 8.63. The Morgan fingerprint density at radius 2 is 1.72 bits per heavy atom. The van der Waals surface area contributed by atoms with Crippen LogP contribution in [0.25, 0.3) is 32.5 Å². The molecule has 0 unspecified atom stereocenters. The van der Waals surface area contributed by atoms with Gasteiger partial charge in [-0.15, -0.1) is 15.7 Å². The molecule has 10 heteroatoms. The molecule has 0 N–H and O–H groups in total. The van der Waals surface area contributed by atoms with E-state index in [-0.39, 0.29) is 10.8 Å². The highest BCUT2D eigenvalue weighted by molar-refractivity contribution is 7.90. The number of sulfonamides is 1. The minimum atomic E-state index is -3.83. The van der Waals surface area contributed by atoms with Crippen LogP contribution in [0, 0.1) is 6.92 Å². The number of hydrogen-bond donors (Lipinski definition) is 0.